The lowest BCUT2D eigenvalue weighted by Crippen LogP contribution is -2.46. The maximum absolute atomic E-state index is 12.3. The van der Waals surface area contributed by atoms with Gasteiger partial charge in [0.2, 0.25) is 5.91 Å². The monoisotopic (exact) mass is 319 g/mol. The van der Waals surface area contributed by atoms with Crippen LogP contribution in [0, 0.1) is 19.8 Å². The van der Waals surface area contributed by atoms with E-state index in [-0.39, 0.29) is 12.0 Å². The summed E-state index contributed by atoms with van der Waals surface area (Å²) in [6.45, 7) is 8.49. The number of piperidine rings is 1. The van der Waals surface area contributed by atoms with Crippen LogP contribution < -0.4 is 4.74 Å². The molecule has 1 heterocycles. The highest BCUT2D eigenvalue weighted by molar-refractivity contribution is 5.76. The van der Waals surface area contributed by atoms with E-state index in [1.165, 1.54) is 11.1 Å². The zero-order valence-corrected chi connectivity index (χ0v) is 14.8. The molecular weight excluding hydrogens is 290 g/mol. The van der Waals surface area contributed by atoms with Crippen LogP contribution in [0.2, 0.25) is 0 Å². The van der Waals surface area contributed by atoms with Crippen LogP contribution in [0.3, 0.4) is 0 Å². The number of benzene rings is 1. The maximum Gasteiger partial charge on any atom is 0.222 e. The molecule has 0 aliphatic carbocycles. The Morgan fingerprint density at radius 3 is 2.78 bits per heavy atom. The average Bonchev–Trinajstić information content (AvgIpc) is 2.55. The Morgan fingerprint density at radius 2 is 2.09 bits per heavy atom. The second kappa shape index (κ2) is 8.34. The standard InChI is InChI=1S/C19H29NO3/c1-14-7-8-17(12-16(14)3)23-11-5-6-19(21)20-10-9-15(2)18(13-20)22-4/h7-8,12,15,18H,5-6,9-11,13H2,1-4H3/t15-,18+/m0/s1. The van der Waals surface area contributed by atoms with Crippen molar-refractivity contribution >= 4 is 5.91 Å². The molecule has 0 bridgehead atoms. The minimum absolute atomic E-state index is 0.166. The molecule has 0 radical (unpaired) electrons. The van der Waals surface area contributed by atoms with Crippen molar-refractivity contribution in [3.8, 4) is 5.75 Å². The molecule has 1 aromatic rings. The normalized spacial score (nSPS) is 21.3. The summed E-state index contributed by atoms with van der Waals surface area (Å²) >= 11 is 0. The highest BCUT2D eigenvalue weighted by Gasteiger charge is 2.28. The van der Waals surface area contributed by atoms with Gasteiger partial charge < -0.3 is 14.4 Å². The Balaban J connectivity index is 1.71. The lowest BCUT2D eigenvalue weighted by Gasteiger charge is -2.36. The predicted octanol–water partition coefficient (Wildman–Crippen LogP) is 3.35. The van der Waals surface area contributed by atoms with Crippen LogP contribution in [-0.4, -0.2) is 43.7 Å². The summed E-state index contributed by atoms with van der Waals surface area (Å²) in [5.41, 5.74) is 2.49. The Kier molecular flexibility index (Phi) is 6.46. The smallest absolute Gasteiger partial charge is 0.222 e. The van der Waals surface area contributed by atoms with Crippen molar-refractivity contribution in [3.63, 3.8) is 0 Å². The van der Waals surface area contributed by atoms with Crippen molar-refractivity contribution in [2.75, 3.05) is 26.8 Å². The number of hydrogen-bond acceptors (Lipinski definition) is 3. The first-order chi connectivity index (χ1) is 11.0. The first-order valence-corrected chi connectivity index (χ1v) is 8.52. The minimum Gasteiger partial charge on any atom is -0.494 e. The van der Waals surface area contributed by atoms with E-state index in [0.717, 1.165) is 25.1 Å². The van der Waals surface area contributed by atoms with Crippen molar-refractivity contribution in [1.29, 1.82) is 0 Å². The van der Waals surface area contributed by atoms with Crippen molar-refractivity contribution in [1.82, 2.24) is 4.90 Å². The van der Waals surface area contributed by atoms with Crippen molar-refractivity contribution in [2.24, 2.45) is 5.92 Å². The molecule has 4 heteroatoms. The van der Waals surface area contributed by atoms with Crippen LogP contribution in [0.15, 0.2) is 18.2 Å². The Bertz CT molecular complexity index is 529. The number of nitrogens with zero attached hydrogens (tertiary/aromatic N) is 1. The summed E-state index contributed by atoms with van der Waals surface area (Å²) in [5, 5.41) is 0. The van der Waals surface area contributed by atoms with Crippen LogP contribution in [-0.2, 0) is 9.53 Å². The molecule has 2 rings (SSSR count). The van der Waals surface area contributed by atoms with Gasteiger partial charge in [-0.25, -0.2) is 0 Å². The highest BCUT2D eigenvalue weighted by Crippen LogP contribution is 2.20. The second-order valence-corrected chi connectivity index (χ2v) is 6.58. The van der Waals surface area contributed by atoms with Gasteiger partial charge in [-0.3, -0.25) is 4.79 Å². The quantitative estimate of drug-likeness (QED) is 0.755. The van der Waals surface area contributed by atoms with Gasteiger partial charge in [0.15, 0.2) is 0 Å². The van der Waals surface area contributed by atoms with Gasteiger partial charge in [0.25, 0.3) is 0 Å². The molecule has 1 fully saturated rings. The topological polar surface area (TPSA) is 38.8 Å². The van der Waals surface area contributed by atoms with Crippen LogP contribution >= 0.6 is 0 Å². The number of carbonyl (C=O) groups is 1. The summed E-state index contributed by atoms with van der Waals surface area (Å²) in [6, 6.07) is 6.10. The van der Waals surface area contributed by atoms with E-state index >= 15 is 0 Å². The largest absolute Gasteiger partial charge is 0.494 e. The number of aryl methyl sites for hydroxylation is 2. The van der Waals surface area contributed by atoms with Gasteiger partial charge in [-0.1, -0.05) is 13.0 Å². The summed E-state index contributed by atoms with van der Waals surface area (Å²) in [5.74, 6) is 1.62. The van der Waals surface area contributed by atoms with E-state index in [4.69, 9.17) is 9.47 Å². The lowest BCUT2D eigenvalue weighted by molar-refractivity contribution is -0.136. The number of rotatable bonds is 6. The minimum atomic E-state index is 0.166. The van der Waals surface area contributed by atoms with E-state index in [0.29, 0.717) is 25.5 Å². The van der Waals surface area contributed by atoms with Gasteiger partial charge in [0.05, 0.1) is 12.7 Å². The molecule has 0 N–H and O–H groups in total. The molecule has 1 saturated heterocycles. The molecule has 1 amide bonds. The van der Waals surface area contributed by atoms with Gasteiger partial charge in [0, 0.05) is 26.6 Å². The fourth-order valence-corrected chi connectivity index (χ4v) is 2.94. The average molecular weight is 319 g/mol. The third-order valence-corrected chi connectivity index (χ3v) is 4.83. The highest BCUT2D eigenvalue weighted by atomic mass is 16.5. The van der Waals surface area contributed by atoms with Crippen LogP contribution in [0.4, 0.5) is 0 Å². The van der Waals surface area contributed by atoms with Gasteiger partial charge in [-0.15, -0.1) is 0 Å². The second-order valence-electron chi connectivity index (χ2n) is 6.58. The van der Waals surface area contributed by atoms with Gasteiger partial charge in [-0.05, 0) is 55.9 Å². The van der Waals surface area contributed by atoms with E-state index in [9.17, 15) is 4.79 Å². The van der Waals surface area contributed by atoms with E-state index < -0.39 is 0 Å². The molecule has 1 aliphatic rings. The van der Waals surface area contributed by atoms with Crippen LogP contribution in [0.25, 0.3) is 0 Å². The number of hydrogen-bond donors (Lipinski definition) is 0. The van der Waals surface area contributed by atoms with E-state index in [1.807, 2.05) is 17.0 Å². The zero-order chi connectivity index (χ0) is 16.8. The van der Waals surface area contributed by atoms with Crippen molar-refractivity contribution in [2.45, 2.75) is 46.1 Å². The number of amides is 1. The summed E-state index contributed by atoms with van der Waals surface area (Å²) in [4.78, 5) is 14.2. The molecule has 128 valence electrons. The number of likely N-dealkylation sites (tertiary alicyclic amines) is 1. The van der Waals surface area contributed by atoms with Gasteiger partial charge >= 0.3 is 0 Å². The third-order valence-electron chi connectivity index (χ3n) is 4.83. The SMILES string of the molecule is CO[C@@H]1CN(C(=O)CCCOc2ccc(C)c(C)c2)CC[C@@H]1C. The number of methoxy groups -OCH3 is 1. The van der Waals surface area contributed by atoms with E-state index in [1.54, 1.807) is 7.11 Å². The fourth-order valence-electron chi connectivity index (χ4n) is 2.94. The Labute approximate surface area is 139 Å². The zero-order valence-electron chi connectivity index (χ0n) is 14.8. The Hall–Kier alpha value is -1.55. The lowest BCUT2D eigenvalue weighted by atomic mass is 9.95. The molecule has 0 saturated carbocycles. The Morgan fingerprint density at radius 1 is 1.30 bits per heavy atom. The van der Waals surface area contributed by atoms with Crippen LogP contribution in [0.5, 0.6) is 5.75 Å². The van der Waals surface area contributed by atoms with Gasteiger partial charge in [0.1, 0.15) is 5.75 Å². The molecule has 1 aliphatic heterocycles. The summed E-state index contributed by atoms with van der Waals surface area (Å²) < 4.78 is 11.2. The van der Waals surface area contributed by atoms with Crippen molar-refractivity contribution < 1.29 is 14.3 Å². The number of carbonyl (C=O) groups excluding carboxylic acids is 1. The molecular formula is C19H29NO3. The molecule has 0 spiro atoms. The first kappa shape index (κ1) is 17.8. The molecule has 0 unspecified atom stereocenters. The number of ether oxygens (including phenoxy) is 2. The molecule has 1 aromatic carbocycles. The first-order valence-electron chi connectivity index (χ1n) is 8.52. The molecule has 2 atom stereocenters. The van der Waals surface area contributed by atoms with Crippen LogP contribution in [0.1, 0.15) is 37.3 Å². The fraction of sp³-hybridized carbons (Fsp3) is 0.632. The molecule has 23 heavy (non-hydrogen) atoms. The predicted molar refractivity (Wildman–Crippen MR) is 91.8 cm³/mol. The molecule has 0 aromatic heterocycles. The third kappa shape index (κ3) is 4.96. The summed E-state index contributed by atoms with van der Waals surface area (Å²) in [6.07, 6.45) is 2.47. The van der Waals surface area contributed by atoms with E-state index in [2.05, 4.69) is 26.8 Å². The summed E-state index contributed by atoms with van der Waals surface area (Å²) in [7, 11) is 1.73. The molecule has 4 nitrogen and oxygen atoms in total. The van der Waals surface area contributed by atoms with Crippen molar-refractivity contribution in [3.05, 3.63) is 29.3 Å². The maximum atomic E-state index is 12.3. The van der Waals surface area contributed by atoms with Gasteiger partial charge in [-0.2, -0.15) is 0 Å².